The molecule has 0 bridgehead atoms. The molecule has 6 atom stereocenters. The van der Waals surface area contributed by atoms with Crippen LogP contribution in [-0.4, -0.2) is 17.9 Å². The molecule has 0 unspecified atom stereocenters. The van der Waals surface area contributed by atoms with E-state index in [9.17, 15) is 14.0 Å². The van der Waals surface area contributed by atoms with Gasteiger partial charge in [-0.05, 0) is 92.4 Å². The van der Waals surface area contributed by atoms with Crippen LogP contribution in [0.4, 0.5) is 4.39 Å². The number of carbonyl (C=O) groups is 2. The van der Waals surface area contributed by atoms with Gasteiger partial charge in [0.2, 0.25) is 0 Å². The van der Waals surface area contributed by atoms with E-state index in [-0.39, 0.29) is 16.9 Å². The first-order chi connectivity index (χ1) is 14.3. The molecule has 3 nitrogen and oxygen atoms in total. The third-order valence-corrected chi connectivity index (χ3v) is 9.18. The highest BCUT2D eigenvalue weighted by molar-refractivity contribution is 5.91. The molecule has 0 heterocycles. The molecule has 0 aromatic heterocycles. The van der Waals surface area contributed by atoms with Gasteiger partial charge >= 0.3 is 5.97 Å². The molecule has 4 aliphatic rings. The maximum atomic E-state index is 13.5. The lowest BCUT2D eigenvalue weighted by molar-refractivity contribution is -0.118. The van der Waals surface area contributed by atoms with E-state index in [0.717, 1.165) is 44.9 Å². The van der Waals surface area contributed by atoms with Crippen molar-refractivity contribution in [1.29, 1.82) is 0 Å². The molecule has 0 aliphatic heterocycles. The number of fused-ring (bicyclic) bond motifs is 5. The van der Waals surface area contributed by atoms with E-state index in [4.69, 9.17) is 4.74 Å². The molecule has 1 aromatic carbocycles. The Morgan fingerprint density at radius 3 is 2.70 bits per heavy atom. The van der Waals surface area contributed by atoms with Crippen molar-refractivity contribution in [2.24, 2.45) is 28.6 Å². The Morgan fingerprint density at radius 1 is 1.07 bits per heavy atom. The summed E-state index contributed by atoms with van der Waals surface area (Å²) in [7, 11) is 0. The van der Waals surface area contributed by atoms with E-state index in [2.05, 4.69) is 13.8 Å². The Morgan fingerprint density at radius 2 is 1.90 bits per heavy atom. The fourth-order valence-electron chi connectivity index (χ4n) is 7.52. The van der Waals surface area contributed by atoms with Crippen LogP contribution in [-0.2, 0) is 9.53 Å². The van der Waals surface area contributed by atoms with Crippen LogP contribution in [0.2, 0.25) is 0 Å². The fraction of sp³-hybridized carbons (Fsp3) is 0.615. The van der Waals surface area contributed by atoms with Crippen LogP contribution >= 0.6 is 0 Å². The van der Waals surface area contributed by atoms with Crippen LogP contribution in [0.25, 0.3) is 0 Å². The van der Waals surface area contributed by atoms with Gasteiger partial charge in [0, 0.05) is 11.8 Å². The molecule has 0 saturated heterocycles. The monoisotopic (exact) mass is 410 g/mol. The molecule has 30 heavy (non-hydrogen) atoms. The quantitative estimate of drug-likeness (QED) is 0.572. The van der Waals surface area contributed by atoms with Gasteiger partial charge in [0.05, 0.1) is 5.56 Å². The van der Waals surface area contributed by atoms with Crippen molar-refractivity contribution < 1.29 is 18.7 Å². The molecule has 0 N–H and O–H groups in total. The summed E-state index contributed by atoms with van der Waals surface area (Å²) in [6, 6.07) is 5.78. The van der Waals surface area contributed by atoms with Gasteiger partial charge in [-0.2, -0.15) is 0 Å². The molecule has 4 aliphatic carbocycles. The zero-order valence-corrected chi connectivity index (χ0v) is 18.0. The predicted octanol–water partition coefficient (Wildman–Crippen LogP) is 5.88. The molecule has 3 saturated carbocycles. The minimum Gasteiger partial charge on any atom is -0.458 e. The molecule has 1 aromatic rings. The molecule has 0 radical (unpaired) electrons. The van der Waals surface area contributed by atoms with Crippen LogP contribution in [0.5, 0.6) is 0 Å². The molecular formula is C26H31FO3. The molecule has 0 spiro atoms. The number of carbonyl (C=O) groups excluding carboxylic acids is 2. The van der Waals surface area contributed by atoms with Crippen LogP contribution in [0.3, 0.4) is 0 Å². The minimum absolute atomic E-state index is 0.00772. The fourth-order valence-corrected chi connectivity index (χ4v) is 7.52. The van der Waals surface area contributed by atoms with E-state index in [0.29, 0.717) is 35.5 Å². The summed E-state index contributed by atoms with van der Waals surface area (Å²) in [6.45, 7) is 4.70. The number of halogens is 1. The summed E-state index contributed by atoms with van der Waals surface area (Å²) in [4.78, 5) is 24.7. The minimum atomic E-state index is -0.411. The second-order valence-electron chi connectivity index (χ2n) is 10.5. The molecule has 5 rings (SSSR count). The van der Waals surface area contributed by atoms with Gasteiger partial charge in [-0.1, -0.05) is 25.5 Å². The lowest BCUT2D eigenvalue weighted by atomic mass is 9.47. The van der Waals surface area contributed by atoms with Crippen LogP contribution in [0, 0.1) is 34.4 Å². The number of allylic oxidation sites excluding steroid dienone is 1. The van der Waals surface area contributed by atoms with E-state index in [1.54, 1.807) is 12.1 Å². The predicted molar refractivity (Wildman–Crippen MR) is 112 cm³/mol. The second kappa shape index (κ2) is 7.03. The van der Waals surface area contributed by atoms with E-state index in [1.807, 2.05) is 6.08 Å². The van der Waals surface area contributed by atoms with Crippen molar-refractivity contribution in [2.75, 3.05) is 0 Å². The Labute approximate surface area is 178 Å². The van der Waals surface area contributed by atoms with Crippen molar-refractivity contribution in [3.05, 3.63) is 47.3 Å². The number of ether oxygens (including phenoxy) is 1. The highest BCUT2D eigenvalue weighted by atomic mass is 19.1. The zero-order valence-electron chi connectivity index (χ0n) is 18.0. The third-order valence-electron chi connectivity index (χ3n) is 9.18. The largest absolute Gasteiger partial charge is 0.458 e. The first kappa shape index (κ1) is 20.0. The van der Waals surface area contributed by atoms with Gasteiger partial charge in [0.15, 0.2) is 5.78 Å². The van der Waals surface area contributed by atoms with Gasteiger partial charge in [-0.3, -0.25) is 4.79 Å². The first-order valence-electron chi connectivity index (χ1n) is 11.5. The van der Waals surface area contributed by atoms with Crippen LogP contribution in [0.1, 0.15) is 75.6 Å². The van der Waals surface area contributed by atoms with Crippen molar-refractivity contribution in [3.63, 3.8) is 0 Å². The zero-order chi connectivity index (χ0) is 21.1. The van der Waals surface area contributed by atoms with Crippen molar-refractivity contribution in [2.45, 2.75) is 71.3 Å². The van der Waals surface area contributed by atoms with Gasteiger partial charge in [0.25, 0.3) is 0 Å². The number of ketones is 1. The first-order valence-corrected chi connectivity index (χ1v) is 11.5. The summed E-state index contributed by atoms with van der Waals surface area (Å²) in [5.74, 6) is 1.29. The van der Waals surface area contributed by atoms with Crippen molar-refractivity contribution in [3.8, 4) is 0 Å². The van der Waals surface area contributed by atoms with Crippen LogP contribution < -0.4 is 0 Å². The Bertz CT molecular complexity index is 921. The van der Waals surface area contributed by atoms with Gasteiger partial charge < -0.3 is 4.74 Å². The molecule has 3 fully saturated rings. The molecule has 4 heteroatoms. The van der Waals surface area contributed by atoms with Gasteiger partial charge in [0.1, 0.15) is 11.9 Å². The average molecular weight is 411 g/mol. The summed E-state index contributed by atoms with van der Waals surface area (Å²) >= 11 is 0. The highest BCUT2D eigenvalue weighted by Gasteiger charge is 2.60. The van der Waals surface area contributed by atoms with E-state index < -0.39 is 11.8 Å². The summed E-state index contributed by atoms with van der Waals surface area (Å²) < 4.78 is 19.5. The maximum Gasteiger partial charge on any atom is 0.338 e. The number of benzene rings is 1. The second-order valence-corrected chi connectivity index (χ2v) is 10.5. The standard InChI is InChI=1S/C26H31FO3/c1-25-12-10-19(28)15-17(25)6-7-20-21-8-9-23(26(21,2)13-11-22(20)25)30-24(29)16-4-3-5-18(27)14-16/h3-5,14-15,20-23H,6-13H2,1-2H3/t20-,21-,22-,23-,25-,26-/m0/s1. The van der Waals surface area contributed by atoms with E-state index >= 15 is 0 Å². The van der Waals surface area contributed by atoms with E-state index in [1.165, 1.54) is 17.7 Å². The van der Waals surface area contributed by atoms with Crippen molar-refractivity contribution in [1.82, 2.24) is 0 Å². The highest BCUT2D eigenvalue weighted by Crippen LogP contribution is 2.65. The normalized spacial score (nSPS) is 40.1. The number of hydrogen-bond donors (Lipinski definition) is 0. The number of rotatable bonds is 2. The summed E-state index contributed by atoms with van der Waals surface area (Å²) in [5, 5.41) is 0. The number of hydrogen-bond acceptors (Lipinski definition) is 3. The Balaban J connectivity index is 1.36. The van der Waals surface area contributed by atoms with Crippen LogP contribution in [0.15, 0.2) is 35.9 Å². The lowest BCUT2D eigenvalue weighted by Crippen LogP contribution is -2.51. The van der Waals surface area contributed by atoms with Gasteiger partial charge in [-0.25, -0.2) is 9.18 Å². The van der Waals surface area contributed by atoms with Crippen molar-refractivity contribution >= 4 is 11.8 Å². The number of esters is 1. The SMILES string of the molecule is C[C@]12CC[C@H]3[C@@H](CCC4=CC(=O)CC[C@@]43C)[C@@H]1CC[C@@H]2OC(=O)c1cccc(F)c1. The average Bonchev–Trinajstić information content (AvgIpc) is 3.05. The lowest BCUT2D eigenvalue weighted by Gasteiger charge is -2.57. The topological polar surface area (TPSA) is 43.4 Å². The van der Waals surface area contributed by atoms with Gasteiger partial charge in [-0.15, -0.1) is 0 Å². The summed E-state index contributed by atoms with van der Waals surface area (Å²) in [5.41, 5.74) is 1.83. The molecular weight excluding hydrogens is 379 g/mol. The summed E-state index contributed by atoms with van der Waals surface area (Å²) in [6.07, 6.45) is 9.86. The third kappa shape index (κ3) is 2.98. The Hall–Kier alpha value is -1.97. The molecule has 0 amide bonds. The smallest absolute Gasteiger partial charge is 0.338 e. The Kier molecular flexibility index (Phi) is 4.68. The molecule has 160 valence electrons. The maximum absolute atomic E-state index is 13.5.